The third-order valence-corrected chi connectivity index (χ3v) is 3.15. The Bertz CT molecular complexity index is 514. The van der Waals surface area contributed by atoms with E-state index in [1.807, 2.05) is 0 Å². The minimum atomic E-state index is -0.830. The van der Waals surface area contributed by atoms with Crippen molar-refractivity contribution in [3.05, 3.63) is 29.8 Å². The highest BCUT2D eigenvalue weighted by Crippen LogP contribution is 2.20. The lowest BCUT2D eigenvalue weighted by Gasteiger charge is -2.15. The molecule has 0 bridgehead atoms. The number of aliphatic hydroxyl groups excluding tert-OH is 1. The first-order valence-electron chi connectivity index (χ1n) is 7.07. The monoisotopic (exact) mass is 292 g/mol. The SMILES string of the molecule is CC(OC(=O)c1ccccc1NCCO)C(=O)NC1CC1. The molecule has 1 amide bonds. The summed E-state index contributed by atoms with van der Waals surface area (Å²) in [6, 6.07) is 7.07. The number of ether oxygens (including phenoxy) is 1. The van der Waals surface area contributed by atoms with Crippen LogP contribution in [0.5, 0.6) is 0 Å². The van der Waals surface area contributed by atoms with Gasteiger partial charge in [0.1, 0.15) is 0 Å². The van der Waals surface area contributed by atoms with E-state index in [0.717, 1.165) is 12.8 Å². The second kappa shape index (κ2) is 7.08. The van der Waals surface area contributed by atoms with E-state index in [1.54, 1.807) is 31.2 Å². The predicted octanol–water partition coefficient (Wildman–Crippen LogP) is 0.915. The molecule has 0 heterocycles. The van der Waals surface area contributed by atoms with E-state index in [-0.39, 0.29) is 18.6 Å². The van der Waals surface area contributed by atoms with Gasteiger partial charge in [-0.25, -0.2) is 4.79 Å². The van der Waals surface area contributed by atoms with Crippen LogP contribution in [0.25, 0.3) is 0 Å². The van der Waals surface area contributed by atoms with Crippen molar-refractivity contribution in [1.82, 2.24) is 5.32 Å². The molecule has 1 fully saturated rings. The van der Waals surface area contributed by atoms with Crippen molar-refractivity contribution in [3.8, 4) is 0 Å². The van der Waals surface area contributed by atoms with Gasteiger partial charge in [0.05, 0.1) is 12.2 Å². The van der Waals surface area contributed by atoms with Crippen molar-refractivity contribution in [3.63, 3.8) is 0 Å². The Morgan fingerprint density at radius 1 is 1.38 bits per heavy atom. The quantitative estimate of drug-likeness (QED) is 0.650. The number of amides is 1. The first-order chi connectivity index (χ1) is 10.1. The van der Waals surface area contributed by atoms with Crippen molar-refractivity contribution < 1.29 is 19.4 Å². The largest absolute Gasteiger partial charge is 0.449 e. The van der Waals surface area contributed by atoms with E-state index in [0.29, 0.717) is 17.8 Å². The predicted molar refractivity (Wildman–Crippen MR) is 78.1 cm³/mol. The minimum absolute atomic E-state index is 0.0381. The van der Waals surface area contributed by atoms with Gasteiger partial charge < -0.3 is 20.5 Å². The Balaban J connectivity index is 1.96. The van der Waals surface area contributed by atoms with Crippen LogP contribution in [-0.2, 0) is 9.53 Å². The Labute approximate surface area is 123 Å². The fraction of sp³-hybridized carbons (Fsp3) is 0.467. The molecule has 1 aliphatic carbocycles. The molecule has 1 aromatic carbocycles. The van der Waals surface area contributed by atoms with E-state index >= 15 is 0 Å². The number of carbonyl (C=O) groups is 2. The summed E-state index contributed by atoms with van der Waals surface area (Å²) >= 11 is 0. The van der Waals surface area contributed by atoms with Crippen LogP contribution < -0.4 is 10.6 Å². The van der Waals surface area contributed by atoms with Crippen LogP contribution in [0.3, 0.4) is 0 Å². The van der Waals surface area contributed by atoms with Crippen molar-refractivity contribution in [2.24, 2.45) is 0 Å². The number of nitrogens with one attached hydrogen (secondary N) is 2. The summed E-state index contributed by atoms with van der Waals surface area (Å²) in [5.41, 5.74) is 0.920. The van der Waals surface area contributed by atoms with E-state index in [4.69, 9.17) is 9.84 Å². The lowest BCUT2D eigenvalue weighted by Crippen LogP contribution is -2.37. The molecule has 1 aromatic rings. The van der Waals surface area contributed by atoms with Crippen LogP contribution in [0.15, 0.2) is 24.3 Å². The van der Waals surface area contributed by atoms with Crippen molar-refractivity contribution in [2.45, 2.75) is 31.9 Å². The summed E-state index contributed by atoms with van der Waals surface area (Å²) in [5.74, 6) is -0.832. The van der Waals surface area contributed by atoms with E-state index in [2.05, 4.69) is 10.6 Å². The van der Waals surface area contributed by atoms with Gasteiger partial charge in [-0.3, -0.25) is 4.79 Å². The Hall–Kier alpha value is -2.08. The second-order valence-electron chi connectivity index (χ2n) is 5.03. The zero-order valence-electron chi connectivity index (χ0n) is 12.0. The van der Waals surface area contributed by atoms with Crippen LogP contribution in [0, 0.1) is 0 Å². The number of hydrogen-bond donors (Lipinski definition) is 3. The molecule has 2 rings (SSSR count). The van der Waals surface area contributed by atoms with E-state index < -0.39 is 12.1 Å². The fourth-order valence-corrected chi connectivity index (χ4v) is 1.83. The highest BCUT2D eigenvalue weighted by molar-refractivity contribution is 5.97. The Morgan fingerprint density at radius 3 is 2.76 bits per heavy atom. The lowest BCUT2D eigenvalue weighted by atomic mass is 10.1. The molecule has 1 unspecified atom stereocenters. The topological polar surface area (TPSA) is 87.7 Å². The number of benzene rings is 1. The summed E-state index contributed by atoms with van der Waals surface area (Å²) in [6.07, 6.45) is 1.14. The molecule has 1 aliphatic rings. The van der Waals surface area contributed by atoms with E-state index in [1.165, 1.54) is 0 Å². The number of esters is 1. The van der Waals surface area contributed by atoms with Gasteiger partial charge in [-0.15, -0.1) is 0 Å². The average Bonchev–Trinajstić information content (AvgIpc) is 3.29. The molecule has 0 aliphatic heterocycles. The standard InChI is InChI=1S/C15H20N2O4/c1-10(14(19)17-11-6-7-11)21-15(20)12-4-2-3-5-13(12)16-8-9-18/h2-5,10-11,16,18H,6-9H2,1H3,(H,17,19). The lowest BCUT2D eigenvalue weighted by molar-refractivity contribution is -0.129. The van der Waals surface area contributed by atoms with Gasteiger partial charge in [-0.1, -0.05) is 12.1 Å². The molecule has 3 N–H and O–H groups in total. The van der Waals surface area contributed by atoms with Crippen molar-refractivity contribution in [1.29, 1.82) is 0 Å². The fourth-order valence-electron chi connectivity index (χ4n) is 1.83. The van der Waals surface area contributed by atoms with Gasteiger partial charge in [-0.05, 0) is 31.9 Å². The van der Waals surface area contributed by atoms with Crippen LogP contribution in [0.4, 0.5) is 5.69 Å². The normalized spacial score (nSPS) is 15.1. The van der Waals surface area contributed by atoms with Gasteiger partial charge in [0.15, 0.2) is 6.10 Å². The zero-order chi connectivity index (χ0) is 15.2. The average molecular weight is 292 g/mol. The minimum Gasteiger partial charge on any atom is -0.449 e. The molecule has 1 atom stereocenters. The Kier molecular flexibility index (Phi) is 5.16. The maximum absolute atomic E-state index is 12.1. The highest BCUT2D eigenvalue weighted by Gasteiger charge is 2.27. The number of rotatable bonds is 7. The number of hydrogen-bond acceptors (Lipinski definition) is 5. The van der Waals surface area contributed by atoms with E-state index in [9.17, 15) is 9.59 Å². The van der Waals surface area contributed by atoms with Crippen LogP contribution >= 0.6 is 0 Å². The first-order valence-corrected chi connectivity index (χ1v) is 7.07. The smallest absolute Gasteiger partial charge is 0.341 e. The number of carbonyl (C=O) groups excluding carboxylic acids is 2. The molecule has 114 valence electrons. The summed E-state index contributed by atoms with van der Waals surface area (Å²) in [6.45, 7) is 1.85. The third-order valence-electron chi connectivity index (χ3n) is 3.15. The first kappa shape index (κ1) is 15.3. The number of para-hydroxylation sites is 1. The van der Waals surface area contributed by atoms with Gasteiger partial charge in [0.2, 0.25) is 0 Å². The van der Waals surface area contributed by atoms with Gasteiger partial charge >= 0.3 is 5.97 Å². The second-order valence-corrected chi connectivity index (χ2v) is 5.03. The molecule has 21 heavy (non-hydrogen) atoms. The number of anilines is 1. The summed E-state index contributed by atoms with van der Waals surface area (Å²) in [4.78, 5) is 23.9. The van der Waals surface area contributed by atoms with Gasteiger partial charge in [0.25, 0.3) is 5.91 Å². The summed E-state index contributed by atoms with van der Waals surface area (Å²) in [7, 11) is 0. The number of aliphatic hydroxyl groups is 1. The van der Waals surface area contributed by atoms with Crippen molar-refractivity contribution in [2.75, 3.05) is 18.5 Å². The van der Waals surface area contributed by atoms with Gasteiger partial charge in [0, 0.05) is 18.3 Å². The third kappa shape index (κ3) is 4.46. The van der Waals surface area contributed by atoms with Crippen molar-refractivity contribution >= 4 is 17.6 Å². The summed E-state index contributed by atoms with van der Waals surface area (Å²) < 4.78 is 5.19. The maximum Gasteiger partial charge on any atom is 0.341 e. The zero-order valence-corrected chi connectivity index (χ0v) is 12.0. The molecular weight excluding hydrogens is 272 g/mol. The highest BCUT2D eigenvalue weighted by atomic mass is 16.5. The molecule has 0 spiro atoms. The van der Waals surface area contributed by atoms with Crippen LogP contribution in [0.1, 0.15) is 30.1 Å². The van der Waals surface area contributed by atoms with Crippen LogP contribution in [0.2, 0.25) is 0 Å². The molecule has 1 saturated carbocycles. The molecule has 0 saturated heterocycles. The molecule has 6 heteroatoms. The maximum atomic E-state index is 12.1. The molecule has 0 aromatic heterocycles. The Morgan fingerprint density at radius 2 is 2.10 bits per heavy atom. The molecule has 6 nitrogen and oxygen atoms in total. The van der Waals surface area contributed by atoms with Gasteiger partial charge in [-0.2, -0.15) is 0 Å². The summed E-state index contributed by atoms with van der Waals surface area (Å²) in [5, 5.41) is 14.6. The molecule has 0 radical (unpaired) electrons. The molecular formula is C15H20N2O4. The van der Waals surface area contributed by atoms with Crippen LogP contribution in [-0.4, -0.2) is 42.3 Å².